The van der Waals surface area contributed by atoms with Crippen LogP contribution in [0.25, 0.3) is 0 Å². The topological polar surface area (TPSA) is 44.5 Å². The first kappa shape index (κ1) is 9.58. The van der Waals surface area contributed by atoms with Crippen molar-refractivity contribution in [2.45, 2.75) is 6.61 Å². The van der Waals surface area contributed by atoms with Gasteiger partial charge in [0.25, 0.3) is 0 Å². The average Bonchev–Trinajstić information content (AvgIpc) is 2.79. The van der Waals surface area contributed by atoms with Crippen molar-refractivity contribution in [1.29, 1.82) is 0 Å². The summed E-state index contributed by atoms with van der Waals surface area (Å²) in [6.45, 7) is 0.372. The summed E-state index contributed by atoms with van der Waals surface area (Å²) in [7, 11) is 1.61. The number of hydrogen-bond acceptors (Lipinski definition) is 4. The first-order valence-corrected chi connectivity index (χ1v) is 4.53. The van der Waals surface area contributed by atoms with E-state index in [1.165, 1.54) is 6.39 Å². The Balaban J connectivity index is 2.04. The quantitative estimate of drug-likeness (QED) is 0.768. The van der Waals surface area contributed by atoms with E-state index in [0.717, 1.165) is 5.69 Å². The third kappa shape index (κ3) is 2.28. The van der Waals surface area contributed by atoms with Gasteiger partial charge in [0.1, 0.15) is 18.6 Å². The number of benzene rings is 1. The first-order chi connectivity index (χ1) is 7.40. The van der Waals surface area contributed by atoms with Gasteiger partial charge in [0.2, 0.25) is 0 Å². The number of hydrogen-bond donors (Lipinski definition) is 0. The van der Waals surface area contributed by atoms with Crippen LogP contribution in [0, 0.1) is 0 Å². The smallest absolute Gasteiger partial charge is 0.180 e. The second-order valence-corrected chi connectivity index (χ2v) is 2.92. The number of methoxy groups -OCH3 is 1. The fourth-order valence-electron chi connectivity index (χ4n) is 1.20. The second kappa shape index (κ2) is 4.50. The zero-order valence-corrected chi connectivity index (χ0v) is 8.34. The Morgan fingerprint density at radius 2 is 2.07 bits per heavy atom. The Morgan fingerprint density at radius 3 is 2.73 bits per heavy atom. The van der Waals surface area contributed by atoms with E-state index in [1.807, 2.05) is 24.3 Å². The van der Waals surface area contributed by atoms with Crippen LogP contribution in [0.1, 0.15) is 5.69 Å². The first-order valence-electron chi connectivity index (χ1n) is 4.53. The summed E-state index contributed by atoms with van der Waals surface area (Å²) in [6.07, 6.45) is 2.93. The van der Waals surface area contributed by atoms with Crippen molar-refractivity contribution in [2.75, 3.05) is 7.11 Å². The fourth-order valence-corrected chi connectivity index (χ4v) is 1.20. The molecule has 0 aliphatic carbocycles. The Hall–Kier alpha value is -1.97. The van der Waals surface area contributed by atoms with E-state index >= 15 is 0 Å². The number of oxazole rings is 1. The predicted molar refractivity (Wildman–Crippen MR) is 53.8 cm³/mol. The molecule has 2 aromatic rings. The lowest BCUT2D eigenvalue weighted by molar-refractivity contribution is 0.280. The van der Waals surface area contributed by atoms with Gasteiger partial charge in [-0.05, 0) is 12.1 Å². The molecule has 0 spiro atoms. The number of nitrogens with zero attached hydrogens (tertiary/aromatic N) is 1. The third-order valence-corrected chi connectivity index (χ3v) is 1.93. The maximum atomic E-state index is 5.52. The molecule has 0 saturated carbocycles. The van der Waals surface area contributed by atoms with E-state index in [4.69, 9.17) is 13.9 Å². The normalized spacial score (nSPS) is 9.93. The van der Waals surface area contributed by atoms with Crippen LogP contribution in [0.5, 0.6) is 11.5 Å². The Morgan fingerprint density at radius 1 is 1.27 bits per heavy atom. The highest BCUT2D eigenvalue weighted by Crippen LogP contribution is 2.26. The molecule has 78 valence electrons. The minimum Gasteiger partial charge on any atom is -0.493 e. The second-order valence-electron chi connectivity index (χ2n) is 2.92. The van der Waals surface area contributed by atoms with Crippen molar-refractivity contribution >= 4 is 0 Å². The molecule has 0 fully saturated rings. The number of ether oxygens (including phenoxy) is 2. The van der Waals surface area contributed by atoms with Crippen LogP contribution in [0.2, 0.25) is 0 Å². The van der Waals surface area contributed by atoms with Gasteiger partial charge >= 0.3 is 0 Å². The Kier molecular flexibility index (Phi) is 2.88. The van der Waals surface area contributed by atoms with Gasteiger partial charge in [0, 0.05) is 0 Å². The molecule has 0 aliphatic rings. The summed E-state index contributed by atoms with van der Waals surface area (Å²) in [5.41, 5.74) is 0.751. The molecule has 15 heavy (non-hydrogen) atoms. The lowest BCUT2D eigenvalue weighted by Gasteiger charge is -2.08. The van der Waals surface area contributed by atoms with Crippen molar-refractivity contribution in [1.82, 2.24) is 4.98 Å². The van der Waals surface area contributed by atoms with Crippen LogP contribution in [0.4, 0.5) is 0 Å². The average molecular weight is 205 g/mol. The van der Waals surface area contributed by atoms with Gasteiger partial charge < -0.3 is 13.9 Å². The van der Waals surface area contributed by atoms with Gasteiger partial charge in [0.05, 0.1) is 7.11 Å². The van der Waals surface area contributed by atoms with Crippen LogP contribution in [-0.4, -0.2) is 12.1 Å². The maximum absolute atomic E-state index is 5.52. The summed E-state index contributed by atoms with van der Waals surface area (Å²) in [5, 5.41) is 0. The predicted octanol–water partition coefficient (Wildman–Crippen LogP) is 2.26. The van der Waals surface area contributed by atoms with Crippen molar-refractivity contribution in [3.8, 4) is 11.5 Å². The minimum atomic E-state index is 0.372. The lowest BCUT2D eigenvalue weighted by Crippen LogP contribution is -1.97. The third-order valence-electron chi connectivity index (χ3n) is 1.93. The largest absolute Gasteiger partial charge is 0.493 e. The fraction of sp³-hybridized carbons (Fsp3) is 0.182. The van der Waals surface area contributed by atoms with Crippen LogP contribution in [0.3, 0.4) is 0 Å². The van der Waals surface area contributed by atoms with Crippen molar-refractivity contribution in [3.05, 3.63) is 42.6 Å². The summed E-state index contributed by atoms with van der Waals surface area (Å²) >= 11 is 0. The Bertz CT molecular complexity index is 412. The van der Waals surface area contributed by atoms with Gasteiger partial charge in [-0.2, -0.15) is 0 Å². The van der Waals surface area contributed by atoms with Gasteiger partial charge in [-0.25, -0.2) is 4.98 Å². The lowest BCUT2D eigenvalue weighted by atomic mass is 10.3. The van der Waals surface area contributed by atoms with Gasteiger partial charge in [-0.3, -0.25) is 0 Å². The number of para-hydroxylation sites is 2. The Labute approximate surface area is 87.5 Å². The summed E-state index contributed by atoms with van der Waals surface area (Å²) in [6, 6.07) is 7.47. The zero-order valence-electron chi connectivity index (χ0n) is 8.34. The highest BCUT2D eigenvalue weighted by atomic mass is 16.5. The molecule has 0 N–H and O–H groups in total. The van der Waals surface area contributed by atoms with Gasteiger partial charge in [-0.15, -0.1) is 0 Å². The highest BCUT2D eigenvalue weighted by molar-refractivity contribution is 5.39. The molecule has 0 bridgehead atoms. The maximum Gasteiger partial charge on any atom is 0.180 e. The van der Waals surface area contributed by atoms with Crippen LogP contribution in [-0.2, 0) is 6.61 Å². The number of aromatic nitrogens is 1. The standard InChI is InChI=1S/C11H11NO3/c1-13-10-4-2-3-5-11(10)15-7-9-6-14-8-12-9/h2-6,8H,7H2,1H3. The van der Waals surface area contributed by atoms with Crippen molar-refractivity contribution < 1.29 is 13.9 Å². The van der Waals surface area contributed by atoms with E-state index in [2.05, 4.69) is 4.98 Å². The van der Waals surface area contributed by atoms with Crippen LogP contribution >= 0.6 is 0 Å². The molecule has 0 amide bonds. The van der Waals surface area contributed by atoms with Gasteiger partial charge in [-0.1, -0.05) is 12.1 Å². The molecule has 0 aliphatic heterocycles. The molecule has 1 aromatic heterocycles. The molecule has 0 radical (unpaired) electrons. The SMILES string of the molecule is COc1ccccc1OCc1cocn1. The monoisotopic (exact) mass is 205 g/mol. The van der Waals surface area contributed by atoms with E-state index in [-0.39, 0.29) is 0 Å². The van der Waals surface area contributed by atoms with Gasteiger partial charge in [0.15, 0.2) is 17.9 Å². The molecular formula is C11H11NO3. The van der Waals surface area contributed by atoms with Crippen LogP contribution in [0.15, 0.2) is 41.3 Å². The molecule has 4 nitrogen and oxygen atoms in total. The molecule has 0 unspecified atom stereocenters. The molecule has 4 heteroatoms. The molecular weight excluding hydrogens is 194 g/mol. The molecule has 2 rings (SSSR count). The van der Waals surface area contributed by atoms with E-state index in [9.17, 15) is 0 Å². The summed E-state index contributed by atoms with van der Waals surface area (Å²) < 4.78 is 15.5. The summed E-state index contributed by atoms with van der Waals surface area (Å²) in [5.74, 6) is 1.41. The summed E-state index contributed by atoms with van der Waals surface area (Å²) in [4.78, 5) is 3.95. The number of rotatable bonds is 4. The highest BCUT2D eigenvalue weighted by Gasteiger charge is 2.03. The van der Waals surface area contributed by atoms with E-state index in [0.29, 0.717) is 18.1 Å². The van der Waals surface area contributed by atoms with Crippen molar-refractivity contribution in [3.63, 3.8) is 0 Å². The van der Waals surface area contributed by atoms with Crippen LogP contribution < -0.4 is 9.47 Å². The molecule has 1 aromatic carbocycles. The molecule has 1 heterocycles. The minimum absolute atomic E-state index is 0.372. The molecule has 0 atom stereocenters. The van der Waals surface area contributed by atoms with E-state index in [1.54, 1.807) is 13.4 Å². The molecule has 0 saturated heterocycles. The van der Waals surface area contributed by atoms with Crippen molar-refractivity contribution in [2.24, 2.45) is 0 Å². The zero-order chi connectivity index (χ0) is 10.5. The van der Waals surface area contributed by atoms with E-state index < -0.39 is 0 Å².